The number of nitrogens with zero attached hydrogens (tertiary/aromatic N) is 1. The van der Waals surface area contributed by atoms with E-state index in [1.54, 1.807) is 31.2 Å². The van der Waals surface area contributed by atoms with Crippen LogP contribution in [0.4, 0.5) is 17.1 Å². The number of nitro groups is 1. The highest BCUT2D eigenvalue weighted by atomic mass is 16.6. The molecule has 0 aliphatic heterocycles. The predicted octanol–water partition coefficient (Wildman–Crippen LogP) is 3.35. The lowest BCUT2D eigenvalue weighted by Crippen LogP contribution is -1.99. The molecule has 2 rings (SSSR count). The Morgan fingerprint density at radius 2 is 1.85 bits per heavy atom. The molecule has 0 aliphatic rings. The summed E-state index contributed by atoms with van der Waals surface area (Å²) >= 11 is 0. The molecule has 0 aliphatic carbocycles. The lowest BCUT2D eigenvalue weighted by Gasteiger charge is -2.09. The largest absolute Gasteiger partial charge is 0.478 e. The van der Waals surface area contributed by atoms with Gasteiger partial charge in [-0.2, -0.15) is 0 Å². The highest BCUT2D eigenvalue weighted by Gasteiger charge is 2.13. The van der Waals surface area contributed by atoms with Gasteiger partial charge in [0.2, 0.25) is 0 Å². The standard InChI is InChI=1S/C14H12N2O4/c1-9-12(3-2-4-13(9)16(19)20)15-11-7-5-10(6-8-11)14(17)18/h2-8,15H,1H3,(H,17,18). The van der Waals surface area contributed by atoms with Crippen LogP contribution in [0.3, 0.4) is 0 Å². The maximum Gasteiger partial charge on any atom is 0.335 e. The number of nitro benzene ring substituents is 1. The van der Waals surface area contributed by atoms with Crippen molar-refractivity contribution < 1.29 is 14.8 Å². The van der Waals surface area contributed by atoms with Gasteiger partial charge in [0.15, 0.2) is 0 Å². The molecular weight excluding hydrogens is 260 g/mol. The maximum absolute atomic E-state index is 10.9. The third-order valence-corrected chi connectivity index (χ3v) is 2.91. The van der Waals surface area contributed by atoms with E-state index in [-0.39, 0.29) is 11.3 Å². The lowest BCUT2D eigenvalue weighted by molar-refractivity contribution is -0.385. The monoisotopic (exact) mass is 272 g/mol. The van der Waals surface area contributed by atoms with Gasteiger partial charge in [-0.15, -0.1) is 0 Å². The van der Waals surface area contributed by atoms with Crippen molar-refractivity contribution in [2.24, 2.45) is 0 Å². The summed E-state index contributed by atoms with van der Waals surface area (Å²) in [6, 6.07) is 10.9. The van der Waals surface area contributed by atoms with Crippen molar-refractivity contribution in [2.45, 2.75) is 6.92 Å². The Morgan fingerprint density at radius 1 is 1.20 bits per heavy atom. The van der Waals surface area contributed by atoms with E-state index in [0.29, 0.717) is 16.9 Å². The molecule has 0 spiro atoms. The second-order valence-corrected chi connectivity index (χ2v) is 4.21. The topological polar surface area (TPSA) is 92.5 Å². The number of carbonyl (C=O) groups is 1. The molecule has 0 bridgehead atoms. The first kappa shape index (κ1) is 13.5. The number of hydrogen-bond acceptors (Lipinski definition) is 4. The van der Waals surface area contributed by atoms with Gasteiger partial charge >= 0.3 is 5.97 Å². The summed E-state index contributed by atoms with van der Waals surface area (Å²) in [6.45, 7) is 1.66. The van der Waals surface area contributed by atoms with E-state index in [4.69, 9.17) is 5.11 Å². The molecule has 0 amide bonds. The van der Waals surface area contributed by atoms with Gasteiger partial charge in [-0.1, -0.05) is 6.07 Å². The third-order valence-electron chi connectivity index (χ3n) is 2.91. The average Bonchev–Trinajstić information content (AvgIpc) is 2.41. The van der Waals surface area contributed by atoms with Crippen molar-refractivity contribution in [1.82, 2.24) is 0 Å². The summed E-state index contributed by atoms with van der Waals surface area (Å²) < 4.78 is 0. The van der Waals surface area contributed by atoms with E-state index in [1.165, 1.54) is 18.2 Å². The van der Waals surface area contributed by atoms with Crippen LogP contribution in [0.15, 0.2) is 42.5 Å². The normalized spacial score (nSPS) is 10.1. The highest BCUT2D eigenvalue weighted by molar-refractivity contribution is 5.88. The third kappa shape index (κ3) is 2.74. The van der Waals surface area contributed by atoms with Gasteiger partial charge in [0.25, 0.3) is 5.69 Å². The van der Waals surface area contributed by atoms with E-state index < -0.39 is 10.9 Å². The van der Waals surface area contributed by atoms with E-state index in [9.17, 15) is 14.9 Å². The first-order chi connectivity index (χ1) is 9.49. The average molecular weight is 272 g/mol. The predicted molar refractivity (Wildman–Crippen MR) is 74.5 cm³/mol. The number of benzene rings is 2. The first-order valence-corrected chi connectivity index (χ1v) is 5.83. The van der Waals surface area contributed by atoms with Crippen molar-refractivity contribution >= 4 is 23.0 Å². The zero-order chi connectivity index (χ0) is 14.7. The molecule has 6 heteroatoms. The Labute approximate surface area is 114 Å². The van der Waals surface area contributed by atoms with E-state index in [1.807, 2.05) is 0 Å². The molecule has 20 heavy (non-hydrogen) atoms. The number of anilines is 2. The second kappa shape index (κ2) is 5.40. The van der Waals surface area contributed by atoms with Crippen molar-refractivity contribution in [3.63, 3.8) is 0 Å². The minimum Gasteiger partial charge on any atom is -0.478 e. The second-order valence-electron chi connectivity index (χ2n) is 4.21. The molecule has 0 saturated heterocycles. The van der Waals surface area contributed by atoms with Crippen LogP contribution in [0.25, 0.3) is 0 Å². The smallest absolute Gasteiger partial charge is 0.335 e. The van der Waals surface area contributed by atoms with Crippen molar-refractivity contribution in [3.05, 3.63) is 63.7 Å². The molecule has 6 nitrogen and oxygen atoms in total. The summed E-state index contributed by atoms with van der Waals surface area (Å²) in [6.07, 6.45) is 0. The van der Waals surface area contributed by atoms with Gasteiger partial charge in [0.1, 0.15) is 0 Å². The number of nitrogens with one attached hydrogen (secondary N) is 1. The van der Waals surface area contributed by atoms with Crippen LogP contribution in [0.1, 0.15) is 15.9 Å². The molecule has 102 valence electrons. The summed E-state index contributed by atoms with van der Waals surface area (Å²) in [5.74, 6) is -0.997. The van der Waals surface area contributed by atoms with Crippen LogP contribution < -0.4 is 5.32 Å². The minimum absolute atomic E-state index is 0.0390. The van der Waals surface area contributed by atoms with Crippen LogP contribution in [0, 0.1) is 17.0 Å². The van der Waals surface area contributed by atoms with Crippen LogP contribution in [0.5, 0.6) is 0 Å². The molecule has 0 heterocycles. The Hall–Kier alpha value is -2.89. The number of carboxylic acid groups (broad SMARTS) is 1. The summed E-state index contributed by atoms with van der Waals surface area (Å²) in [5.41, 5.74) is 2.03. The summed E-state index contributed by atoms with van der Waals surface area (Å²) in [4.78, 5) is 21.2. The van der Waals surface area contributed by atoms with Gasteiger partial charge in [-0.3, -0.25) is 10.1 Å². The fraction of sp³-hybridized carbons (Fsp3) is 0.0714. The van der Waals surface area contributed by atoms with Gasteiger partial charge in [-0.05, 0) is 37.3 Å². The van der Waals surface area contributed by atoms with Crippen LogP contribution >= 0.6 is 0 Å². The van der Waals surface area contributed by atoms with Crippen molar-refractivity contribution in [3.8, 4) is 0 Å². The van der Waals surface area contributed by atoms with E-state index >= 15 is 0 Å². The Balaban J connectivity index is 2.28. The van der Waals surface area contributed by atoms with Gasteiger partial charge in [0.05, 0.1) is 16.1 Å². The first-order valence-electron chi connectivity index (χ1n) is 5.83. The molecule has 2 N–H and O–H groups in total. The zero-order valence-corrected chi connectivity index (χ0v) is 10.7. The summed E-state index contributed by atoms with van der Waals surface area (Å²) in [5, 5.41) is 22.7. The van der Waals surface area contributed by atoms with Crippen molar-refractivity contribution in [1.29, 1.82) is 0 Å². The van der Waals surface area contributed by atoms with Crippen LogP contribution in [0.2, 0.25) is 0 Å². The van der Waals surface area contributed by atoms with Gasteiger partial charge in [0, 0.05) is 17.4 Å². The number of carboxylic acids is 1. The number of rotatable bonds is 4. The van der Waals surface area contributed by atoms with E-state index in [2.05, 4.69) is 5.32 Å². The van der Waals surface area contributed by atoms with Gasteiger partial charge < -0.3 is 10.4 Å². The number of aromatic carboxylic acids is 1. The molecule has 2 aromatic rings. The SMILES string of the molecule is Cc1c(Nc2ccc(C(=O)O)cc2)cccc1[N+](=O)[O-]. The maximum atomic E-state index is 10.9. The fourth-order valence-electron chi connectivity index (χ4n) is 1.81. The Kier molecular flexibility index (Phi) is 3.65. The van der Waals surface area contributed by atoms with Crippen molar-refractivity contribution in [2.75, 3.05) is 5.32 Å². The fourth-order valence-corrected chi connectivity index (χ4v) is 1.81. The molecule has 0 radical (unpaired) electrons. The Morgan fingerprint density at radius 3 is 2.40 bits per heavy atom. The molecule has 0 unspecified atom stereocenters. The molecule has 2 aromatic carbocycles. The van der Waals surface area contributed by atoms with E-state index in [0.717, 1.165) is 0 Å². The quantitative estimate of drug-likeness (QED) is 0.657. The molecule has 0 fully saturated rings. The number of hydrogen-bond donors (Lipinski definition) is 2. The molecule has 0 atom stereocenters. The molecular formula is C14H12N2O4. The van der Waals surface area contributed by atoms with Gasteiger partial charge in [-0.25, -0.2) is 4.79 Å². The highest BCUT2D eigenvalue weighted by Crippen LogP contribution is 2.27. The molecule has 0 aromatic heterocycles. The minimum atomic E-state index is -0.997. The lowest BCUT2D eigenvalue weighted by atomic mass is 10.1. The zero-order valence-electron chi connectivity index (χ0n) is 10.7. The molecule has 0 saturated carbocycles. The van der Waals surface area contributed by atoms with Crippen LogP contribution in [-0.4, -0.2) is 16.0 Å². The van der Waals surface area contributed by atoms with Crippen LogP contribution in [-0.2, 0) is 0 Å². The summed E-state index contributed by atoms with van der Waals surface area (Å²) in [7, 11) is 0. The Bertz CT molecular complexity index is 665.